The highest BCUT2D eigenvalue weighted by Gasteiger charge is 2.12. The third-order valence-electron chi connectivity index (χ3n) is 4.23. The lowest BCUT2D eigenvalue weighted by molar-refractivity contribution is 0.740. The van der Waals surface area contributed by atoms with Crippen molar-refractivity contribution in [3.8, 4) is 0 Å². The van der Waals surface area contributed by atoms with Crippen LogP contribution in [0.4, 0.5) is 17.5 Å². The smallest absolute Gasteiger partial charge is 0.224 e. The molecule has 1 heterocycles. The van der Waals surface area contributed by atoms with Crippen molar-refractivity contribution < 1.29 is 0 Å². The summed E-state index contributed by atoms with van der Waals surface area (Å²) in [6, 6.07) is 22.8. The van der Waals surface area contributed by atoms with Gasteiger partial charge in [0.05, 0.1) is 0 Å². The maximum absolute atomic E-state index is 4.75. The topological polar surface area (TPSA) is 41.1 Å². The molecule has 3 aromatic rings. The Labute approximate surface area is 155 Å². The Morgan fingerprint density at radius 1 is 0.885 bits per heavy atom. The number of hydrogen-bond donors (Lipinski definition) is 1. The van der Waals surface area contributed by atoms with Crippen molar-refractivity contribution in [1.29, 1.82) is 0 Å². The van der Waals surface area contributed by atoms with E-state index in [1.165, 1.54) is 18.4 Å². The van der Waals surface area contributed by atoms with Crippen molar-refractivity contribution in [3.63, 3.8) is 0 Å². The summed E-state index contributed by atoms with van der Waals surface area (Å²) in [5.74, 6) is 1.58. The summed E-state index contributed by atoms with van der Waals surface area (Å²) in [6.07, 6.45) is 5.39. The highest BCUT2D eigenvalue weighted by molar-refractivity contribution is 5.60. The van der Waals surface area contributed by atoms with Crippen molar-refractivity contribution in [2.24, 2.45) is 0 Å². The summed E-state index contributed by atoms with van der Waals surface area (Å²) < 4.78 is 0. The molecule has 0 atom stereocenters. The molecule has 0 unspecified atom stereocenters. The molecule has 0 saturated carbocycles. The minimum absolute atomic E-state index is 0.688. The Hall–Kier alpha value is -2.88. The first kappa shape index (κ1) is 17.9. The fraction of sp³-hybridized carbons (Fsp3) is 0.273. The third-order valence-corrected chi connectivity index (χ3v) is 4.23. The number of nitrogens with one attached hydrogen (secondary N) is 1. The van der Waals surface area contributed by atoms with Crippen LogP contribution in [0.25, 0.3) is 0 Å². The highest BCUT2D eigenvalue weighted by atomic mass is 15.2. The quantitative estimate of drug-likeness (QED) is 0.525. The first-order valence-corrected chi connectivity index (χ1v) is 9.30. The molecule has 3 rings (SSSR count). The van der Waals surface area contributed by atoms with Crippen molar-refractivity contribution >= 4 is 17.5 Å². The Balaban J connectivity index is 1.82. The van der Waals surface area contributed by atoms with Gasteiger partial charge in [0, 0.05) is 25.0 Å². The summed E-state index contributed by atoms with van der Waals surface area (Å²) in [5, 5.41) is 3.34. The summed E-state index contributed by atoms with van der Waals surface area (Å²) in [5.41, 5.74) is 2.36. The fourth-order valence-electron chi connectivity index (χ4n) is 2.84. The van der Waals surface area contributed by atoms with Gasteiger partial charge in [-0.15, -0.1) is 0 Å². The van der Waals surface area contributed by atoms with E-state index in [4.69, 9.17) is 4.98 Å². The first-order valence-electron chi connectivity index (χ1n) is 9.30. The molecular formula is C22H26N4. The minimum Gasteiger partial charge on any atom is -0.354 e. The van der Waals surface area contributed by atoms with Gasteiger partial charge in [-0.25, -0.2) is 4.98 Å². The lowest BCUT2D eigenvalue weighted by atomic mass is 10.2. The van der Waals surface area contributed by atoms with Crippen LogP contribution >= 0.6 is 0 Å². The molecule has 0 aliphatic rings. The van der Waals surface area contributed by atoms with Crippen LogP contribution in [0.3, 0.4) is 0 Å². The van der Waals surface area contributed by atoms with Gasteiger partial charge < -0.3 is 10.2 Å². The molecule has 0 fully saturated rings. The zero-order valence-corrected chi connectivity index (χ0v) is 15.3. The predicted molar refractivity (Wildman–Crippen MR) is 109 cm³/mol. The number of anilines is 3. The minimum atomic E-state index is 0.688. The van der Waals surface area contributed by atoms with Crippen molar-refractivity contribution in [2.45, 2.75) is 32.7 Å². The lowest BCUT2D eigenvalue weighted by Crippen LogP contribution is -2.18. The van der Waals surface area contributed by atoms with Crippen molar-refractivity contribution in [2.75, 3.05) is 16.8 Å². The van der Waals surface area contributed by atoms with Crippen molar-refractivity contribution in [1.82, 2.24) is 9.97 Å². The second kappa shape index (κ2) is 9.56. The van der Waals surface area contributed by atoms with Gasteiger partial charge in [0.15, 0.2) is 0 Å². The van der Waals surface area contributed by atoms with Gasteiger partial charge in [0.25, 0.3) is 0 Å². The van der Waals surface area contributed by atoms with Crippen LogP contribution in [0.15, 0.2) is 72.9 Å². The summed E-state index contributed by atoms with van der Waals surface area (Å²) in [7, 11) is 0. The number of aromatic nitrogens is 2. The normalized spacial score (nSPS) is 10.5. The summed E-state index contributed by atoms with van der Waals surface area (Å²) >= 11 is 0. The Morgan fingerprint density at radius 2 is 1.62 bits per heavy atom. The zero-order valence-electron chi connectivity index (χ0n) is 15.3. The molecule has 0 aliphatic heterocycles. The average molecular weight is 346 g/mol. The molecule has 0 aliphatic carbocycles. The molecular weight excluding hydrogens is 320 g/mol. The molecule has 1 aromatic heterocycles. The van der Waals surface area contributed by atoms with E-state index in [1.807, 2.05) is 24.4 Å². The van der Waals surface area contributed by atoms with Crippen LogP contribution in [0.1, 0.15) is 31.7 Å². The van der Waals surface area contributed by atoms with Gasteiger partial charge in [-0.1, -0.05) is 68.3 Å². The molecule has 4 nitrogen and oxygen atoms in total. The molecule has 0 bridgehead atoms. The lowest BCUT2D eigenvalue weighted by Gasteiger charge is -2.24. The van der Waals surface area contributed by atoms with Gasteiger partial charge >= 0.3 is 0 Å². The number of unbranched alkanes of at least 4 members (excludes halogenated alkanes) is 2. The molecule has 26 heavy (non-hydrogen) atoms. The molecule has 0 spiro atoms. The Kier molecular flexibility index (Phi) is 6.59. The number of rotatable bonds is 9. The van der Waals surface area contributed by atoms with E-state index in [-0.39, 0.29) is 0 Å². The predicted octanol–water partition coefficient (Wildman–Crippen LogP) is 5.42. The van der Waals surface area contributed by atoms with Gasteiger partial charge in [-0.3, -0.25) is 0 Å². The second-order valence-electron chi connectivity index (χ2n) is 6.28. The number of para-hydroxylation sites is 1. The van der Waals surface area contributed by atoms with Crippen LogP contribution in [-0.2, 0) is 6.54 Å². The molecule has 0 amide bonds. The molecule has 2 aromatic carbocycles. The van der Waals surface area contributed by atoms with E-state index >= 15 is 0 Å². The molecule has 1 N–H and O–H groups in total. The molecule has 0 radical (unpaired) electrons. The monoisotopic (exact) mass is 346 g/mol. The second-order valence-corrected chi connectivity index (χ2v) is 6.28. The fourth-order valence-corrected chi connectivity index (χ4v) is 2.84. The van der Waals surface area contributed by atoms with Crippen LogP contribution in [0, 0.1) is 0 Å². The van der Waals surface area contributed by atoms with Gasteiger partial charge in [0.1, 0.15) is 5.82 Å². The van der Waals surface area contributed by atoms with E-state index in [0.717, 1.165) is 31.0 Å². The molecule has 0 saturated heterocycles. The van der Waals surface area contributed by atoms with Crippen LogP contribution in [0.2, 0.25) is 0 Å². The number of nitrogens with zero attached hydrogens (tertiary/aromatic N) is 3. The van der Waals surface area contributed by atoms with Gasteiger partial charge in [-0.2, -0.15) is 4.98 Å². The highest BCUT2D eigenvalue weighted by Crippen LogP contribution is 2.26. The zero-order chi connectivity index (χ0) is 18.0. The van der Waals surface area contributed by atoms with E-state index in [2.05, 4.69) is 70.7 Å². The maximum atomic E-state index is 4.75. The number of benzene rings is 2. The van der Waals surface area contributed by atoms with Gasteiger partial charge in [0.2, 0.25) is 5.95 Å². The molecule has 4 heteroatoms. The van der Waals surface area contributed by atoms with Crippen LogP contribution < -0.4 is 10.2 Å². The average Bonchev–Trinajstić information content (AvgIpc) is 2.71. The summed E-state index contributed by atoms with van der Waals surface area (Å²) in [6.45, 7) is 3.87. The van der Waals surface area contributed by atoms with E-state index in [0.29, 0.717) is 5.95 Å². The van der Waals surface area contributed by atoms with E-state index in [9.17, 15) is 0 Å². The van der Waals surface area contributed by atoms with E-state index in [1.54, 1.807) is 0 Å². The Morgan fingerprint density at radius 3 is 2.35 bits per heavy atom. The van der Waals surface area contributed by atoms with Crippen LogP contribution in [0.5, 0.6) is 0 Å². The van der Waals surface area contributed by atoms with Crippen molar-refractivity contribution in [3.05, 3.63) is 78.5 Å². The largest absolute Gasteiger partial charge is 0.354 e. The first-order chi connectivity index (χ1) is 12.9. The third kappa shape index (κ3) is 5.06. The SMILES string of the molecule is CCCCCNc1nccc(N(Cc2ccccc2)c2ccccc2)n1. The standard InChI is InChI=1S/C22H26N4/c1-2-3-10-16-23-22-24-17-15-21(25-22)26(20-13-8-5-9-14-20)18-19-11-6-4-7-12-19/h4-9,11-15,17H,2-3,10,16,18H2,1H3,(H,23,24,25). The number of hydrogen-bond acceptors (Lipinski definition) is 4. The summed E-state index contributed by atoms with van der Waals surface area (Å²) in [4.78, 5) is 11.3. The Bertz CT molecular complexity index is 774. The maximum Gasteiger partial charge on any atom is 0.224 e. The van der Waals surface area contributed by atoms with E-state index < -0.39 is 0 Å². The van der Waals surface area contributed by atoms with Gasteiger partial charge in [-0.05, 0) is 30.2 Å². The molecule has 134 valence electrons. The van der Waals surface area contributed by atoms with Crippen LogP contribution in [-0.4, -0.2) is 16.5 Å².